The van der Waals surface area contributed by atoms with Crippen LogP contribution in [0.15, 0.2) is 42.5 Å². The molecule has 0 spiro atoms. The smallest absolute Gasteiger partial charge is 0.194 e. The molecule has 3 aromatic carbocycles. The molecular formula is C25H20F6O2. The molecule has 33 heavy (non-hydrogen) atoms. The molecule has 1 fully saturated rings. The van der Waals surface area contributed by atoms with Crippen molar-refractivity contribution < 1.29 is 35.8 Å². The van der Waals surface area contributed by atoms with Gasteiger partial charge >= 0.3 is 0 Å². The van der Waals surface area contributed by atoms with Crippen LogP contribution in [0, 0.1) is 40.8 Å². The monoisotopic (exact) mass is 466 g/mol. The zero-order valence-electron chi connectivity index (χ0n) is 17.6. The first-order chi connectivity index (χ1) is 15.7. The third-order valence-corrected chi connectivity index (χ3v) is 5.60. The highest BCUT2D eigenvalue weighted by Gasteiger charge is 2.22. The quantitative estimate of drug-likeness (QED) is 0.291. The minimum absolute atomic E-state index is 0.00467. The molecule has 0 bridgehead atoms. The Kier molecular flexibility index (Phi) is 6.65. The van der Waals surface area contributed by atoms with Crippen molar-refractivity contribution >= 4 is 0 Å². The molecule has 8 heteroatoms. The van der Waals surface area contributed by atoms with Gasteiger partial charge in [0.15, 0.2) is 34.8 Å². The lowest BCUT2D eigenvalue weighted by Gasteiger charge is -2.27. The summed E-state index contributed by atoms with van der Waals surface area (Å²) in [6, 6.07) is 7.53. The van der Waals surface area contributed by atoms with E-state index in [0.717, 1.165) is 25.0 Å². The van der Waals surface area contributed by atoms with Gasteiger partial charge in [0.05, 0.1) is 6.10 Å². The van der Waals surface area contributed by atoms with Crippen LogP contribution in [0.4, 0.5) is 26.3 Å². The van der Waals surface area contributed by atoms with E-state index in [9.17, 15) is 26.3 Å². The van der Waals surface area contributed by atoms with E-state index < -0.39 is 47.3 Å². The molecule has 0 N–H and O–H groups in total. The van der Waals surface area contributed by atoms with Crippen LogP contribution < -0.4 is 4.74 Å². The molecule has 0 radical (unpaired) electrons. The number of halogens is 6. The molecule has 2 nitrogen and oxygen atoms in total. The van der Waals surface area contributed by atoms with Gasteiger partial charge in [-0.3, -0.25) is 0 Å². The van der Waals surface area contributed by atoms with E-state index >= 15 is 0 Å². The van der Waals surface area contributed by atoms with E-state index in [0.29, 0.717) is 30.2 Å². The van der Waals surface area contributed by atoms with E-state index in [1.54, 1.807) is 6.07 Å². The topological polar surface area (TPSA) is 18.5 Å². The number of benzene rings is 3. The van der Waals surface area contributed by atoms with Gasteiger partial charge in [0.25, 0.3) is 0 Å². The Bertz CT molecular complexity index is 1130. The number of hydrogen-bond acceptors (Lipinski definition) is 2. The summed E-state index contributed by atoms with van der Waals surface area (Å²) in [5, 5.41) is 0. The minimum atomic E-state index is -1.65. The maximum Gasteiger partial charge on any atom is 0.194 e. The highest BCUT2D eigenvalue weighted by Crippen LogP contribution is 2.35. The normalized spacial score (nSPS) is 18.4. The predicted molar refractivity (Wildman–Crippen MR) is 109 cm³/mol. The molecule has 1 aliphatic rings. The molecule has 1 heterocycles. The van der Waals surface area contributed by atoms with Crippen LogP contribution in [0.1, 0.15) is 37.0 Å². The van der Waals surface area contributed by atoms with E-state index in [4.69, 9.17) is 9.47 Å². The van der Waals surface area contributed by atoms with Crippen molar-refractivity contribution in [1.82, 2.24) is 0 Å². The van der Waals surface area contributed by atoms with E-state index in [2.05, 4.69) is 6.92 Å². The first-order valence-electron chi connectivity index (χ1n) is 10.4. The fraction of sp³-hybridized carbons (Fsp3) is 0.280. The van der Waals surface area contributed by atoms with Crippen molar-refractivity contribution in [3.05, 3.63) is 88.5 Å². The molecule has 1 aliphatic heterocycles. The molecule has 0 amide bonds. The summed E-state index contributed by atoms with van der Waals surface area (Å²) in [6.45, 7) is 2.06. The second kappa shape index (κ2) is 9.47. The molecule has 3 aromatic rings. The van der Waals surface area contributed by atoms with Gasteiger partial charge in [0.1, 0.15) is 12.4 Å². The third kappa shape index (κ3) is 5.00. The van der Waals surface area contributed by atoms with Crippen LogP contribution in [0.3, 0.4) is 0 Å². The zero-order chi connectivity index (χ0) is 23.7. The van der Waals surface area contributed by atoms with Crippen LogP contribution >= 0.6 is 0 Å². The fourth-order valence-electron chi connectivity index (χ4n) is 3.81. The van der Waals surface area contributed by atoms with Gasteiger partial charge in [-0.25, -0.2) is 26.3 Å². The summed E-state index contributed by atoms with van der Waals surface area (Å²) in [7, 11) is 0. The Morgan fingerprint density at radius 3 is 2.06 bits per heavy atom. The average Bonchev–Trinajstić information content (AvgIpc) is 2.77. The first-order valence-corrected chi connectivity index (χ1v) is 10.4. The van der Waals surface area contributed by atoms with Crippen molar-refractivity contribution in [2.45, 2.75) is 32.5 Å². The van der Waals surface area contributed by atoms with Crippen LogP contribution in [0.2, 0.25) is 0 Å². The zero-order valence-corrected chi connectivity index (χ0v) is 17.6. The lowest BCUT2D eigenvalue weighted by Crippen LogP contribution is -2.18. The highest BCUT2D eigenvalue weighted by molar-refractivity contribution is 5.66. The summed E-state index contributed by atoms with van der Waals surface area (Å²) < 4.78 is 94.3. The van der Waals surface area contributed by atoms with Crippen molar-refractivity contribution in [3.8, 4) is 16.9 Å². The Labute approximate surface area is 186 Å². The lowest BCUT2D eigenvalue weighted by molar-refractivity contribution is -0.0125. The summed E-state index contributed by atoms with van der Waals surface area (Å²) in [4.78, 5) is 0. The van der Waals surface area contributed by atoms with Crippen molar-refractivity contribution in [3.63, 3.8) is 0 Å². The second-order valence-electron chi connectivity index (χ2n) is 8.17. The van der Waals surface area contributed by atoms with E-state index in [1.807, 2.05) is 0 Å². The van der Waals surface area contributed by atoms with Gasteiger partial charge in [-0.15, -0.1) is 0 Å². The fourth-order valence-corrected chi connectivity index (χ4v) is 3.81. The van der Waals surface area contributed by atoms with Crippen molar-refractivity contribution in [2.24, 2.45) is 5.92 Å². The van der Waals surface area contributed by atoms with Crippen molar-refractivity contribution in [1.29, 1.82) is 0 Å². The van der Waals surface area contributed by atoms with Gasteiger partial charge in [-0.1, -0.05) is 19.1 Å². The Morgan fingerprint density at radius 1 is 0.818 bits per heavy atom. The van der Waals surface area contributed by atoms with E-state index in [1.165, 1.54) is 12.1 Å². The summed E-state index contributed by atoms with van der Waals surface area (Å²) in [5.41, 5.74) is 0.450. The molecule has 1 saturated heterocycles. The van der Waals surface area contributed by atoms with E-state index in [-0.39, 0.29) is 22.8 Å². The number of ether oxygens (including phenoxy) is 2. The Hall–Kier alpha value is -3.00. The lowest BCUT2D eigenvalue weighted by atomic mass is 9.94. The highest BCUT2D eigenvalue weighted by atomic mass is 19.2. The van der Waals surface area contributed by atoms with Gasteiger partial charge in [-0.2, -0.15) is 0 Å². The summed E-state index contributed by atoms with van der Waals surface area (Å²) in [5.74, 6) is -7.81. The van der Waals surface area contributed by atoms with Gasteiger partial charge < -0.3 is 9.47 Å². The predicted octanol–water partition coefficient (Wildman–Crippen LogP) is 7.25. The summed E-state index contributed by atoms with van der Waals surface area (Å²) >= 11 is 0. The largest absolute Gasteiger partial charge is 0.483 e. The molecule has 0 aromatic heterocycles. The molecule has 2 unspecified atom stereocenters. The van der Waals surface area contributed by atoms with Crippen LogP contribution in [0.25, 0.3) is 11.1 Å². The SMILES string of the molecule is CC1CCC(c2ccc(-c3cc(F)c(OCc4cc(F)c(F)c(F)c4)c(F)c3)c(F)c2)OC1. The molecule has 174 valence electrons. The molecule has 0 saturated carbocycles. The molecule has 0 aliphatic carbocycles. The maximum atomic E-state index is 14.8. The van der Waals surface area contributed by atoms with Crippen LogP contribution in [-0.4, -0.2) is 6.61 Å². The standard InChI is InChI=1S/C25H20F6O2/c1-13-2-5-23(32-11-13)15-3-4-17(18(26)8-15)16-9-21(29)25(22(30)10-16)33-12-14-6-19(27)24(31)20(28)7-14/h3-4,6-10,13,23H,2,5,11-12H2,1H3. The average molecular weight is 466 g/mol. The Balaban J connectivity index is 1.53. The third-order valence-electron chi connectivity index (χ3n) is 5.60. The first kappa shape index (κ1) is 23.2. The van der Waals surface area contributed by atoms with Gasteiger partial charge in [-0.05, 0) is 65.8 Å². The molecule has 2 atom stereocenters. The second-order valence-corrected chi connectivity index (χ2v) is 8.17. The number of rotatable bonds is 5. The van der Waals surface area contributed by atoms with Crippen LogP contribution in [-0.2, 0) is 11.3 Å². The maximum absolute atomic E-state index is 14.8. The molecular weight excluding hydrogens is 446 g/mol. The number of hydrogen-bond donors (Lipinski definition) is 0. The van der Waals surface area contributed by atoms with Gasteiger partial charge in [0.2, 0.25) is 0 Å². The van der Waals surface area contributed by atoms with Crippen LogP contribution in [0.5, 0.6) is 5.75 Å². The molecule has 4 rings (SSSR count). The Morgan fingerprint density at radius 2 is 1.48 bits per heavy atom. The van der Waals surface area contributed by atoms with Gasteiger partial charge in [0, 0.05) is 12.2 Å². The minimum Gasteiger partial charge on any atom is -0.483 e. The summed E-state index contributed by atoms with van der Waals surface area (Å²) in [6.07, 6.45) is 1.50. The van der Waals surface area contributed by atoms with Crippen molar-refractivity contribution in [2.75, 3.05) is 6.61 Å².